The summed E-state index contributed by atoms with van der Waals surface area (Å²) >= 11 is 7.18. The van der Waals surface area contributed by atoms with Crippen LogP contribution in [-0.4, -0.2) is 32.5 Å². The summed E-state index contributed by atoms with van der Waals surface area (Å²) in [5.74, 6) is -0.102. The maximum atomic E-state index is 11.9. The van der Waals surface area contributed by atoms with Crippen LogP contribution in [0.5, 0.6) is 0 Å². The molecular weight excluding hydrogens is 340 g/mol. The SMILES string of the molecule is CC(C)[C@H](NC(=O)Nc1nc(-c2ncc(Cl)n2C)cs1)C(N)=O. The average molecular weight is 357 g/mol. The van der Waals surface area contributed by atoms with Gasteiger partial charge in [0.15, 0.2) is 11.0 Å². The second-order valence-electron chi connectivity index (χ2n) is 5.22. The van der Waals surface area contributed by atoms with Gasteiger partial charge >= 0.3 is 6.03 Å². The van der Waals surface area contributed by atoms with Crippen LogP contribution < -0.4 is 16.4 Å². The molecule has 0 aliphatic rings. The monoisotopic (exact) mass is 356 g/mol. The molecule has 0 bridgehead atoms. The highest BCUT2D eigenvalue weighted by Gasteiger charge is 2.22. The van der Waals surface area contributed by atoms with E-state index in [1.54, 1.807) is 30.8 Å². The number of carbonyl (C=O) groups is 2. The molecule has 124 valence electrons. The van der Waals surface area contributed by atoms with E-state index in [1.165, 1.54) is 17.5 Å². The van der Waals surface area contributed by atoms with E-state index in [2.05, 4.69) is 20.6 Å². The molecule has 0 radical (unpaired) electrons. The number of primary amides is 1. The van der Waals surface area contributed by atoms with Gasteiger partial charge in [-0.15, -0.1) is 11.3 Å². The van der Waals surface area contributed by atoms with E-state index >= 15 is 0 Å². The maximum Gasteiger partial charge on any atom is 0.321 e. The number of aromatic nitrogens is 3. The van der Waals surface area contributed by atoms with E-state index in [-0.39, 0.29) is 5.92 Å². The van der Waals surface area contributed by atoms with Crippen LogP contribution >= 0.6 is 22.9 Å². The van der Waals surface area contributed by atoms with Crippen LogP contribution in [0.4, 0.5) is 9.93 Å². The second-order valence-corrected chi connectivity index (χ2v) is 6.47. The number of hydrogen-bond donors (Lipinski definition) is 3. The van der Waals surface area contributed by atoms with Gasteiger partial charge in [0.05, 0.1) is 6.20 Å². The van der Waals surface area contributed by atoms with Gasteiger partial charge in [0.1, 0.15) is 16.9 Å². The van der Waals surface area contributed by atoms with Gasteiger partial charge in [-0.3, -0.25) is 10.1 Å². The van der Waals surface area contributed by atoms with Gasteiger partial charge in [-0.1, -0.05) is 25.4 Å². The van der Waals surface area contributed by atoms with Crippen LogP contribution in [0.2, 0.25) is 5.15 Å². The Kier molecular flexibility index (Phi) is 5.22. The first-order chi connectivity index (χ1) is 10.8. The minimum atomic E-state index is -0.747. The Morgan fingerprint density at radius 2 is 2.13 bits per heavy atom. The van der Waals surface area contributed by atoms with Crippen LogP contribution in [0.25, 0.3) is 11.5 Å². The van der Waals surface area contributed by atoms with Crippen molar-refractivity contribution in [2.45, 2.75) is 19.9 Å². The molecule has 0 aliphatic carbocycles. The van der Waals surface area contributed by atoms with Gasteiger partial charge in [0.25, 0.3) is 0 Å². The fourth-order valence-corrected chi connectivity index (χ4v) is 2.71. The van der Waals surface area contributed by atoms with Gasteiger partial charge in [-0.2, -0.15) is 0 Å². The molecule has 4 N–H and O–H groups in total. The lowest BCUT2D eigenvalue weighted by atomic mass is 10.0. The lowest BCUT2D eigenvalue weighted by Gasteiger charge is -2.18. The van der Waals surface area contributed by atoms with Crippen molar-refractivity contribution in [3.05, 3.63) is 16.7 Å². The Labute approximate surface area is 142 Å². The van der Waals surface area contributed by atoms with E-state index in [1.807, 2.05) is 0 Å². The lowest BCUT2D eigenvalue weighted by molar-refractivity contribution is -0.120. The predicted octanol–water partition coefficient (Wildman–Crippen LogP) is 1.83. The van der Waals surface area contributed by atoms with Gasteiger partial charge in [-0.25, -0.2) is 14.8 Å². The summed E-state index contributed by atoms with van der Waals surface area (Å²) in [6.45, 7) is 3.59. The number of thiazole rings is 1. The van der Waals surface area contributed by atoms with Crippen LogP contribution in [0.15, 0.2) is 11.6 Å². The number of nitrogens with one attached hydrogen (secondary N) is 2. The summed E-state index contributed by atoms with van der Waals surface area (Å²) in [4.78, 5) is 31.7. The first-order valence-electron chi connectivity index (χ1n) is 6.79. The minimum absolute atomic E-state index is 0.111. The number of nitrogens with zero attached hydrogens (tertiary/aromatic N) is 3. The topological polar surface area (TPSA) is 115 Å². The van der Waals surface area contributed by atoms with E-state index in [4.69, 9.17) is 17.3 Å². The normalized spacial score (nSPS) is 12.2. The van der Waals surface area contributed by atoms with Gasteiger partial charge in [-0.05, 0) is 5.92 Å². The molecule has 10 heteroatoms. The zero-order valence-electron chi connectivity index (χ0n) is 12.8. The van der Waals surface area contributed by atoms with Crippen molar-refractivity contribution >= 4 is 40.0 Å². The summed E-state index contributed by atoms with van der Waals surface area (Å²) in [7, 11) is 1.77. The third kappa shape index (κ3) is 3.99. The molecule has 3 amide bonds. The van der Waals surface area contributed by atoms with Crippen LogP contribution in [0.1, 0.15) is 13.8 Å². The van der Waals surface area contributed by atoms with Crippen LogP contribution in [0.3, 0.4) is 0 Å². The molecule has 0 saturated heterocycles. The molecule has 2 aromatic heterocycles. The molecule has 2 aromatic rings. The van der Waals surface area contributed by atoms with Crippen molar-refractivity contribution < 1.29 is 9.59 Å². The standard InChI is InChI=1S/C13H17ClN6O2S/c1-6(2)9(10(15)21)18-12(22)19-13-17-7(5-23-13)11-16-4-8(14)20(11)3/h4-6,9H,1-3H3,(H2,15,21)(H2,17,18,19,22)/t9-/m0/s1. The van der Waals surface area contributed by atoms with Crippen LogP contribution in [-0.2, 0) is 11.8 Å². The smallest absolute Gasteiger partial charge is 0.321 e. The number of nitrogens with two attached hydrogens (primary N) is 1. The third-order valence-corrected chi connectivity index (χ3v) is 4.25. The number of urea groups is 1. The number of amides is 3. The van der Waals surface area contributed by atoms with Crippen molar-refractivity contribution in [1.82, 2.24) is 19.9 Å². The van der Waals surface area contributed by atoms with Gasteiger partial charge < -0.3 is 15.6 Å². The molecule has 0 spiro atoms. The van der Waals surface area contributed by atoms with E-state index < -0.39 is 18.0 Å². The molecule has 0 aromatic carbocycles. The number of rotatable bonds is 5. The average Bonchev–Trinajstić information content (AvgIpc) is 3.04. The Morgan fingerprint density at radius 3 is 2.65 bits per heavy atom. The zero-order valence-corrected chi connectivity index (χ0v) is 14.4. The largest absolute Gasteiger partial charge is 0.368 e. The summed E-state index contributed by atoms with van der Waals surface area (Å²) in [5.41, 5.74) is 5.85. The van der Waals surface area contributed by atoms with Crippen molar-refractivity contribution in [1.29, 1.82) is 0 Å². The molecule has 0 fully saturated rings. The predicted molar refractivity (Wildman–Crippen MR) is 89.3 cm³/mol. The van der Waals surface area contributed by atoms with Crippen molar-refractivity contribution in [2.24, 2.45) is 18.7 Å². The Balaban J connectivity index is 2.06. The Hall–Kier alpha value is -2.13. The van der Waals surface area contributed by atoms with Crippen molar-refractivity contribution in [3.8, 4) is 11.5 Å². The minimum Gasteiger partial charge on any atom is -0.368 e. The highest BCUT2D eigenvalue weighted by molar-refractivity contribution is 7.14. The van der Waals surface area contributed by atoms with Crippen molar-refractivity contribution in [3.63, 3.8) is 0 Å². The van der Waals surface area contributed by atoms with E-state index in [9.17, 15) is 9.59 Å². The number of anilines is 1. The molecule has 8 nitrogen and oxygen atoms in total. The first-order valence-corrected chi connectivity index (χ1v) is 8.05. The Bertz CT molecular complexity index is 726. The summed E-state index contributed by atoms with van der Waals surface area (Å²) in [6.07, 6.45) is 1.52. The number of hydrogen-bond acceptors (Lipinski definition) is 5. The molecule has 0 aliphatic heterocycles. The molecule has 2 rings (SSSR count). The quantitative estimate of drug-likeness (QED) is 0.757. The van der Waals surface area contributed by atoms with E-state index in [0.717, 1.165) is 0 Å². The van der Waals surface area contributed by atoms with Crippen LogP contribution in [0, 0.1) is 5.92 Å². The summed E-state index contributed by atoms with van der Waals surface area (Å²) in [6, 6.07) is -1.29. The van der Waals surface area contributed by atoms with Gasteiger partial charge in [0, 0.05) is 12.4 Å². The Morgan fingerprint density at radius 1 is 1.43 bits per heavy atom. The number of imidazole rings is 1. The second kappa shape index (κ2) is 6.97. The third-order valence-electron chi connectivity index (χ3n) is 3.15. The first kappa shape index (κ1) is 17.2. The molecule has 0 unspecified atom stereocenters. The number of halogens is 1. The van der Waals surface area contributed by atoms with E-state index in [0.29, 0.717) is 21.8 Å². The van der Waals surface area contributed by atoms with Gasteiger partial charge in [0.2, 0.25) is 5.91 Å². The van der Waals surface area contributed by atoms with Crippen molar-refractivity contribution in [2.75, 3.05) is 5.32 Å². The fourth-order valence-electron chi connectivity index (χ4n) is 1.90. The highest BCUT2D eigenvalue weighted by Crippen LogP contribution is 2.25. The lowest BCUT2D eigenvalue weighted by Crippen LogP contribution is -2.49. The molecule has 1 atom stereocenters. The maximum absolute atomic E-state index is 11.9. The molecule has 0 saturated carbocycles. The summed E-state index contributed by atoms with van der Waals surface area (Å²) in [5, 5.41) is 7.73. The number of carbonyl (C=O) groups excluding carboxylic acids is 2. The molecule has 23 heavy (non-hydrogen) atoms. The molecular formula is C13H17ClN6O2S. The molecule has 2 heterocycles. The fraction of sp³-hybridized carbons (Fsp3) is 0.385. The summed E-state index contributed by atoms with van der Waals surface area (Å²) < 4.78 is 1.68. The highest BCUT2D eigenvalue weighted by atomic mass is 35.5. The zero-order chi connectivity index (χ0) is 17.1.